The Morgan fingerprint density at radius 3 is 3.20 bits per heavy atom. The van der Waals surface area contributed by atoms with Gasteiger partial charge in [-0.15, -0.1) is 0 Å². The first-order valence-corrected chi connectivity index (χ1v) is 5.36. The first-order valence-electron chi connectivity index (χ1n) is 5.36. The van der Waals surface area contributed by atoms with Crippen molar-refractivity contribution in [3.05, 3.63) is 11.8 Å². The van der Waals surface area contributed by atoms with Gasteiger partial charge in [-0.3, -0.25) is 0 Å². The third-order valence-electron chi connectivity index (χ3n) is 3.80. The summed E-state index contributed by atoms with van der Waals surface area (Å²) >= 11 is 0. The van der Waals surface area contributed by atoms with Gasteiger partial charge in [0.2, 0.25) is 6.29 Å². The fourth-order valence-corrected chi connectivity index (χ4v) is 3.08. The van der Waals surface area contributed by atoms with Crippen molar-refractivity contribution in [2.75, 3.05) is 13.7 Å². The van der Waals surface area contributed by atoms with Crippen LogP contribution in [0.15, 0.2) is 11.8 Å². The van der Waals surface area contributed by atoms with Gasteiger partial charge in [0.05, 0.1) is 25.6 Å². The van der Waals surface area contributed by atoms with E-state index in [2.05, 4.69) is 0 Å². The zero-order chi connectivity index (χ0) is 10.4. The van der Waals surface area contributed by atoms with Crippen LogP contribution >= 0.6 is 0 Å². The van der Waals surface area contributed by atoms with Crippen molar-refractivity contribution in [1.29, 1.82) is 0 Å². The van der Waals surface area contributed by atoms with Crippen molar-refractivity contribution < 1.29 is 19.0 Å². The molecule has 2 heterocycles. The van der Waals surface area contributed by atoms with Crippen molar-refractivity contribution in [2.45, 2.75) is 19.1 Å². The van der Waals surface area contributed by atoms with Crippen LogP contribution in [0.2, 0.25) is 0 Å². The van der Waals surface area contributed by atoms with E-state index in [0.29, 0.717) is 17.4 Å². The highest BCUT2D eigenvalue weighted by atomic mass is 16.7. The standard InChI is InChI=1S/C11H14O4/c1-13-10(12)8-5-15-11-9-6(4-14-11)2-3-7(8)9/h5-7,9,11H,2-4H2,1H3/t6-,7-,9-,11+/m1/s1. The molecule has 82 valence electrons. The summed E-state index contributed by atoms with van der Waals surface area (Å²) in [6, 6.07) is 0. The molecule has 0 radical (unpaired) electrons. The largest absolute Gasteiger partial charge is 0.472 e. The lowest BCUT2D eigenvalue weighted by molar-refractivity contribution is -0.141. The van der Waals surface area contributed by atoms with E-state index < -0.39 is 0 Å². The molecule has 15 heavy (non-hydrogen) atoms. The summed E-state index contributed by atoms with van der Waals surface area (Å²) < 4.78 is 15.7. The SMILES string of the molecule is COC(=O)C1=CO[C@@H]2OC[C@H]3CC[C@H]1[C@@H]32. The molecule has 0 unspecified atom stereocenters. The predicted molar refractivity (Wildman–Crippen MR) is 50.6 cm³/mol. The molecule has 3 aliphatic rings. The van der Waals surface area contributed by atoms with Crippen LogP contribution in [-0.2, 0) is 19.0 Å². The monoisotopic (exact) mass is 210 g/mol. The molecule has 1 saturated heterocycles. The maximum Gasteiger partial charge on any atom is 0.337 e. The Morgan fingerprint density at radius 2 is 2.40 bits per heavy atom. The van der Waals surface area contributed by atoms with E-state index in [-0.39, 0.29) is 18.2 Å². The average molecular weight is 210 g/mol. The second-order valence-corrected chi connectivity index (χ2v) is 4.42. The van der Waals surface area contributed by atoms with Crippen LogP contribution < -0.4 is 0 Å². The molecule has 0 N–H and O–H groups in total. The van der Waals surface area contributed by atoms with E-state index in [0.717, 1.165) is 19.4 Å². The van der Waals surface area contributed by atoms with Crippen molar-refractivity contribution in [1.82, 2.24) is 0 Å². The van der Waals surface area contributed by atoms with Crippen molar-refractivity contribution in [3.63, 3.8) is 0 Å². The van der Waals surface area contributed by atoms with E-state index in [9.17, 15) is 4.79 Å². The number of carbonyl (C=O) groups is 1. The third kappa shape index (κ3) is 1.21. The van der Waals surface area contributed by atoms with Gasteiger partial charge in [-0.1, -0.05) is 0 Å². The quantitative estimate of drug-likeness (QED) is 0.607. The van der Waals surface area contributed by atoms with Gasteiger partial charge in [0.25, 0.3) is 0 Å². The van der Waals surface area contributed by atoms with Crippen LogP contribution in [0.1, 0.15) is 12.8 Å². The van der Waals surface area contributed by atoms with Crippen LogP contribution in [0.3, 0.4) is 0 Å². The molecule has 0 aromatic carbocycles. The Hall–Kier alpha value is -1.03. The number of ether oxygens (including phenoxy) is 3. The fourth-order valence-electron chi connectivity index (χ4n) is 3.08. The minimum atomic E-state index is -0.258. The number of hydrogen-bond acceptors (Lipinski definition) is 4. The molecule has 0 aromatic rings. The van der Waals surface area contributed by atoms with Gasteiger partial charge >= 0.3 is 5.97 Å². The van der Waals surface area contributed by atoms with Gasteiger partial charge in [0, 0.05) is 11.8 Å². The highest BCUT2D eigenvalue weighted by molar-refractivity contribution is 5.89. The van der Waals surface area contributed by atoms with Gasteiger partial charge in [0.1, 0.15) is 0 Å². The van der Waals surface area contributed by atoms with E-state index in [1.165, 1.54) is 13.4 Å². The van der Waals surface area contributed by atoms with Crippen LogP contribution in [0, 0.1) is 17.8 Å². The number of hydrogen-bond donors (Lipinski definition) is 0. The molecule has 3 rings (SSSR count). The zero-order valence-corrected chi connectivity index (χ0v) is 8.64. The lowest BCUT2D eigenvalue weighted by Crippen LogP contribution is -2.32. The maximum atomic E-state index is 11.5. The lowest BCUT2D eigenvalue weighted by Gasteiger charge is -2.29. The highest BCUT2D eigenvalue weighted by Gasteiger charge is 2.52. The van der Waals surface area contributed by atoms with E-state index in [1.807, 2.05) is 0 Å². The fraction of sp³-hybridized carbons (Fsp3) is 0.727. The Balaban J connectivity index is 1.90. The summed E-state index contributed by atoms with van der Waals surface area (Å²) in [6.45, 7) is 0.772. The van der Waals surface area contributed by atoms with Gasteiger partial charge in [-0.2, -0.15) is 0 Å². The molecule has 4 atom stereocenters. The maximum absolute atomic E-state index is 11.5. The second kappa shape index (κ2) is 3.23. The zero-order valence-electron chi connectivity index (χ0n) is 8.64. The summed E-state index contributed by atoms with van der Waals surface area (Å²) in [7, 11) is 1.41. The van der Waals surface area contributed by atoms with Crippen molar-refractivity contribution in [3.8, 4) is 0 Å². The minimum Gasteiger partial charge on any atom is -0.472 e. The van der Waals surface area contributed by atoms with E-state index in [4.69, 9.17) is 14.2 Å². The molecule has 2 aliphatic heterocycles. The molecule has 0 bridgehead atoms. The first-order chi connectivity index (χ1) is 7.31. The van der Waals surface area contributed by atoms with Gasteiger partial charge in [0.15, 0.2) is 0 Å². The Morgan fingerprint density at radius 1 is 1.53 bits per heavy atom. The Kier molecular flexibility index (Phi) is 1.99. The predicted octanol–water partition coefficient (Wildman–Crippen LogP) is 1.07. The molecular weight excluding hydrogens is 196 g/mol. The minimum absolute atomic E-state index is 0.129. The summed E-state index contributed by atoms with van der Waals surface area (Å²) in [5.41, 5.74) is 0.687. The molecule has 0 spiro atoms. The van der Waals surface area contributed by atoms with Crippen LogP contribution in [0.25, 0.3) is 0 Å². The lowest BCUT2D eigenvalue weighted by atomic mass is 9.85. The van der Waals surface area contributed by atoms with Crippen molar-refractivity contribution >= 4 is 5.97 Å². The Bertz CT molecular complexity index is 323. The molecule has 1 saturated carbocycles. The van der Waals surface area contributed by atoms with Gasteiger partial charge in [-0.25, -0.2) is 4.79 Å². The van der Waals surface area contributed by atoms with Gasteiger partial charge in [-0.05, 0) is 18.8 Å². The summed E-state index contributed by atoms with van der Waals surface area (Å²) in [5, 5.41) is 0. The third-order valence-corrected chi connectivity index (χ3v) is 3.80. The number of methoxy groups -OCH3 is 1. The molecule has 1 aliphatic carbocycles. The molecule has 0 amide bonds. The van der Waals surface area contributed by atoms with Crippen LogP contribution in [0.4, 0.5) is 0 Å². The van der Waals surface area contributed by atoms with Crippen molar-refractivity contribution in [2.24, 2.45) is 17.8 Å². The highest BCUT2D eigenvalue weighted by Crippen LogP contribution is 2.50. The molecule has 2 fully saturated rings. The smallest absolute Gasteiger partial charge is 0.337 e. The van der Waals surface area contributed by atoms with E-state index >= 15 is 0 Å². The van der Waals surface area contributed by atoms with Crippen LogP contribution in [-0.4, -0.2) is 26.0 Å². The molecule has 4 heteroatoms. The second-order valence-electron chi connectivity index (χ2n) is 4.42. The summed E-state index contributed by atoms with van der Waals surface area (Å²) in [5.74, 6) is 0.951. The summed E-state index contributed by atoms with van der Waals surface area (Å²) in [4.78, 5) is 11.5. The van der Waals surface area contributed by atoms with Crippen LogP contribution in [0.5, 0.6) is 0 Å². The molecular formula is C11H14O4. The normalized spacial score (nSPS) is 41.8. The molecule has 0 aromatic heterocycles. The molecule has 4 nitrogen and oxygen atoms in total. The van der Waals surface area contributed by atoms with Gasteiger partial charge < -0.3 is 14.2 Å². The number of esters is 1. The number of rotatable bonds is 1. The first kappa shape index (κ1) is 9.21. The number of carbonyl (C=O) groups excluding carboxylic acids is 1. The average Bonchev–Trinajstić information content (AvgIpc) is 2.86. The summed E-state index contributed by atoms with van der Waals surface area (Å²) in [6.07, 6.45) is 3.59. The Labute approximate surface area is 88.2 Å². The topological polar surface area (TPSA) is 44.8 Å². The van der Waals surface area contributed by atoms with E-state index in [1.54, 1.807) is 0 Å².